The molecule has 0 aromatic carbocycles. The van der Waals surface area contributed by atoms with Gasteiger partial charge in [0.25, 0.3) is 0 Å². The Labute approximate surface area is 115 Å². The van der Waals surface area contributed by atoms with Crippen molar-refractivity contribution in [1.29, 1.82) is 0 Å². The zero-order valence-corrected chi connectivity index (χ0v) is 12.5. The molecule has 2 atom stereocenters. The predicted molar refractivity (Wildman–Crippen MR) is 73.7 cm³/mol. The van der Waals surface area contributed by atoms with Crippen LogP contribution in [0, 0.1) is 0 Å². The second-order valence-electron chi connectivity index (χ2n) is 5.16. The third kappa shape index (κ3) is 3.26. The number of piperazine rings is 1. The summed E-state index contributed by atoms with van der Waals surface area (Å²) in [6, 6.07) is -0.390. The van der Waals surface area contributed by atoms with E-state index in [1.54, 1.807) is 4.90 Å². The Morgan fingerprint density at radius 1 is 1.26 bits per heavy atom. The summed E-state index contributed by atoms with van der Waals surface area (Å²) in [5.41, 5.74) is -0.752. The molecule has 0 bridgehead atoms. The molecular formula is C14H26N2O3. The van der Waals surface area contributed by atoms with Crippen molar-refractivity contribution in [2.45, 2.75) is 58.5 Å². The molecule has 0 aromatic heterocycles. The zero-order chi connectivity index (χ0) is 14.5. The smallest absolute Gasteiger partial charge is 0.246 e. The summed E-state index contributed by atoms with van der Waals surface area (Å²) < 4.78 is 5.45. The molecule has 2 unspecified atom stereocenters. The predicted octanol–water partition coefficient (Wildman–Crippen LogP) is 1.32. The fourth-order valence-electron chi connectivity index (χ4n) is 2.32. The minimum Gasteiger partial charge on any atom is -0.380 e. The molecule has 1 saturated heterocycles. The average Bonchev–Trinajstić information content (AvgIpc) is 2.42. The number of carbonyl (C=O) groups is 2. The Kier molecular flexibility index (Phi) is 5.79. The highest BCUT2D eigenvalue weighted by atomic mass is 16.5. The SMILES string of the molecule is CCCOCCN1C(=O)C(CC)NC(=O)C1(C)CC. The normalized spacial score (nSPS) is 27.6. The molecule has 19 heavy (non-hydrogen) atoms. The van der Waals surface area contributed by atoms with Gasteiger partial charge in [0.2, 0.25) is 11.8 Å². The average molecular weight is 270 g/mol. The molecule has 5 nitrogen and oxygen atoms in total. The topological polar surface area (TPSA) is 58.6 Å². The van der Waals surface area contributed by atoms with Crippen molar-refractivity contribution in [2.75, 3.05) is 19.8 Å². The number of hydrogen-bond acceptors (Lipinski definition) is 3. The standard InChI is InChI=1S/C14H26N2O3/c1-5-9-19-10-8-16-12(17)11(6-2)15-13(18)14(16,4)7-3/h11H,5-10H2,1-4H3,(H,15,18). The van der Waals surface area contributed by atoms with Gasteiger partial charge in [-0.3, -0.25) is 9.59 Å². The summed E-state index contributed by atoms with van der Waals surface area (Å²) in [4.78, 5) is 26.3. The highest BCUT2D eigenvalue weighted by Crippen LogP contribution is 2.25. The molecule has 1 heterocycles. The minimum absolute atomic E-state index is 0.00606. The molecule has 1 fully saturated rings. The maximum Gasteiger partial charge on any atom is 0.246 e. The fourth-order valence-corrected chi connectivity index (χ4v) is 2.32. The molecule has 1 aliphatic rings. The number of carbonyl (C=O) groups excluding carboxylic acids is 2. The van der Waals surface area contributed by atoms with Gasteiger partial charge in [-0.1, -0.05) is 20.8 Å². The molecule has 0 aromatic rings. The Bertz CT molecular complexity index is 333. The van der Waals surface area contributed by atoms with Crippen molar-refractivity contribution < 1.29 is 14.3 Å². The molecule has 0 radical (unpaired) electrons. The van der Waals surface area contributed by atoms with E-state index in [1.165, 1.54) is 0 Å². The van der Waals surface area contributed by atoms with Crippen LogP contribution in [0.3, 0.4) is 0 Å². The van der Waals surface area contributed by atoms with Gasteiger partial charge < -0.3 is 15.0 Å². The van der Waals surface area contributed by atoms with E-state index >= 15 is 0 Å². The van der Waals surface area contributed by atoms with Gasteiger partial charge in [-0.2, -0.15) is 0 Å². The van der Waals surface area contributed by atoms with E-state index in [2.05, 4.69) is 5.32 Å². The van der Waals surface area contributed by atoms with Gasteiger partial charge >= 0.3 is 0 Å². The number of rotatable bonds is 7. The molecular weight excluding hydrogens is 244 g/mol. The largest absolute Gasteiger partial charge is 0.380 e. The maximum absolute atomic E-state index is 12.4. The molecule has 1 aliphatic heterocycles. The minimum atomic E-state index is -0.752. The van der Waals surface area contributed by atoms with E-state index in [1.807, 2.05) is 27.7 Å². The lowest BCUT2D eigenvalue weighted by Crippen LogP contribution is -2.69. The van der Waals surface area contributed by atoms with Crippen LogP contribution in [-0.4, -0.2) is 48.1 Å². The third-order valence-corrected chi connectivity index (χ3v) is 3.86. The van der Waals surface area contributed by atoms with Crippen LogP contribution in [-0.2, 0) is 14.3 Å². The number of nitrogens with one attached hydrogen (secondary N) is 1. The van der Waals surface area contributed by atoms with Gasteiger partial charge in [-0.05, 0) is 26.2 Å². The molecule has 0 saturated carbocycles. The van der Waals surface area contributed by atoms with E-state index in [-0.39, 0.29) is 11.8 Å². The van der Waals surface area contributed by atoms with E-state index in [4.69, 9.17) is 4.74 Å². The monoisotopic (exact) mass is 270 g/mol. The number of hydrogen-bond donors (Lipinski definition) is 1. The number of nitrogens with zero attached hydrogens (tertiary/aromatic N) is 1. The van der Waals surface area contributed by atoms with Gasteiger partial charge in [-0.15, -0.1) is 0 Å². The molecule has 1 rings (SSSR count). The molecule has 110 valence electrons. The first-order valence-electron chi connectivity index (χ1n) is 7.21. The second kappa shape index (κ2) is 6.89. The lowest BCUT2D eigenvalue weighted by atomic mass is 9.90. The summed E-state index contributed by atoms with van der Waals surface area (Å²) in [7, 11) is 0. The summed E-state index contributed by atoms with van der Waals surface area (Å²) in [5, 5.41) is 2.82. The van der Waals surface area contributed by atoms with Crippen LogP contribution >= 0.6 is 0 Å². The van der Waals surface area contributed by atoms with Crippen LogP contribution in [0.4, 0.5) is 0 Å². The van der Waals surface area contributed by atoms with Gasteiger partial charge in [0.05, 0.1) is 6.61 Å². The van der Waals surface area contributed by atoms with Crippen molar-refractivity contribution in [3.8, 4) is 0 Å². The maximum atomic E-state index is 12.4. The van der Waals surface area contributed by atoms with Gasteiger partial charge in [0.15, 0.2) is 0 Å². The van der Waals surface area contributed by atoms with Crippen LogP contribution in [0.1, 0.15) is 47.0 Å². The number of amides is 2. The summed E-state index contributed by atoms with van der Waals surface area (Å²) in [5.74, 6) is -0.0523. The Morgan fingerprint density at radius 3 is 2.47 bits per heavy atom. The lowest BCUT2D eigenvalue weighted by molar-refractivity contribution is -0.157. The van der Waals surface area contributed by atoms with Gasteiger partial charge in [0, 0.05) is 13.2 Å². The molecule has 1 N–H and O–H groups in total. The first-order chi connectivity index (χ1) is 9.01. The van der Waals surface area contributed by atoms with Crippen LogP contribution in [0.5, 0.6) is 0 Å². The summed E-state index contributed by atoms with van der Waals surface area (Å²) >= 11 is 0. The quantitative estimate of drug-likeness (QED) is 0.710. The summed E-state index contributed by atoms with van der Waals surface area (Å²) in [6.45, 7) is 9.36. The van der Waals surface area contributed by atoms with Gasteiger partial charge in [0.1, 0.15) is 11.6 Å². The first kappa shape index (κ1) is 16.0. The Morgan fingerprint density at radius 2 is 1.95 bits per heavy atom. The first-order valence-corrected chi connectivity index (χ1v) is 7.21. The Balaban J connectivity index is 2.78. The second-order valence-corrected chi connectivity index (χ2v) is 5.16. The van der Waals surface area contributed by atoms with Crippen molar-refractivity contribution in [3.05, 3.63) is 0 Å². The number of ether oxygens (including phenoxy) is 1. The molecule has 0 aliphatic carbocycles. The molecule has 5 heteroatoms. The molecule has 0 spiro atoms. The van der Waals surface area contributed by atoms with E-state index in [0.29, 0.717) is 32.6 Å². The lowest BCUT2D eigenvalue weighted by Gasteiger charge is -2.45. The van der Waals surface area contributed by atoms with Crippen molar-refractivity contribution in [3.63, 3.8) is 0 Å². The Hall–Kier alpha value is -1.10. The zero-order valence-electron chi connectivity index (χ0n) is 12.5. The fraction of sp³-hybridized carbons (Fsp3) is 0.857. The summed E-state index contributed by atoms with van der Waals surface area (Å²) in [6.07, 6.45) is 2.18. The highest BCUT2D eigenvalue weighted by Gasteiger charge is 2.47. The highest BCUT2D eigenvalue weighted by molar-refractivity contribution is 5.99. The third-order valence-electron chi connectivity index (χ3n) is 3.86. The van der Waals surface area contributed by atoms with Crippen LogP contribution in [0.25, 0.3) is 0 Å². The van der Waals surface area contributed by atoms with Crippen molar-refractivity contribution >= 4 is 11.8 Å². The van der Waals surface area contributed by atoms with E-state index in [9.17, 15) is 9.59 Å². The van der Waals surface area contributed by atoms with Gasteiger partial charge in [-0.25, -0.2) is 0 Å². The van der Waals surface area contributed by atoms with E-state index in [0.717, 1.165) is 6.42 Å². The van der Waals surface area contributed by atoms with Crippen LogP contribution < -0.4 is 5.32 Å². The van der Waals surface area contributed by atoms with Crippen molar-refractivity contribution in [1.82, 2.24) is 10.2 Å². The van der Waals surface area contributed by atoms with Crippen molar-refractivity contribution in [2.24, 2.45) is 0 Å². The van der Waals surface area contributed by atoms with Crippen LogP contribution in [0.2, 0.25) is 0 Å². The van der Waals surface area contributed by atoms with Crippen LogP contribution in [0.15, 0.2) is 0 Å². The molecule has 2 amide bonds. The van der Waals surface area contributed by atoms with E-state index < -0.39 is 11.6 Å².